The number of hydrogen-bond donors (Lipinski definition) is 1. The predicted molar refractivity (Wildman–Crippen MR) is 103 cm³/mol. The van der Waals surface area contributed by atoms with E-state index in [9.17, 15) is 4.79 Å². The summed E-state index contributed by atoms with van der Waals surface area (Å²) in [5.41, 5.74) is 2.55. The third kappa shape index (κ3) is 4.89. The van der Waals surface area contributed by atoms with E-state index in [0.717, 1.165) is 21.8 Å². The molecule has 0 spiro atoms. The molecule has 3 aromatic rings. The Hall–Kier alpha value is -2.21. The van der Waals surface area contributed by atoms with Crippen molar-refractivity contribution >= 4 is 46.5 Å². The van der Waals surface area contributed by atoms with E-state index in [2.05, 4.69) is 15.3 Å². The quantitative estimate of drug-likeness (QED) is 0.635. The Bertz CT molecular complexity index is 910. The van der Waals surface area contributed by atoms with Gasteiger partial charge in [0.25, 0.3) is 0 Å². The van der Waals surface area contributed by atoms with Crippen LogP contribution in [0, 0.1) is 0 Å². The molecule has 7 heteroatoms. The first kappa shape index (κ1) is 17.6. The summed E-state index contributed by atoms with van der Waals surface area (Å²) in [5.74, 6) is -0.218. The van der Waals surface area contributed by atoms with Crippen LogP contribution < -0.4 is 5.32 Å². The first-order valence-electron chi connectivity index (χ1n) is 7.37. The molecule has 0 fully saturated rings. The number of halogens is 2. The number of aromatic nitrogens is 2. The summed E-state index contributed by atoms with van der Waals surface area (Å²) in [6, 6.07) is 8.92. The first-order valence-corrected chi connectivity index (χ1v) is 9.01. The van der Waals surface area contributed by atoms with Gasteiger partial charge in [-0.25, -0.2) is 4.98 Å². The van der Waals surface area contributed by atoms with Crippen LogP contribution in [0.3, 0.4) is 0 Å². The summed E-state index contributed by atoms with van der Waals surface area (Å²) in [6.07, 6.45) is 6.54. The lowest BCUT2D eigenvalue weighted by atomic mass is 10.2. The van der Waals surface area contributed by atoms with Crippen LogP contribution in [0.5, 0.6) is 0 Å². The topological polar surface area (TPSA) is 54.9 Å². The average Bonchev–Trinajstić information content (AvgIpc) is 3.09. The number of thiazole rings is 1. The Morgan fingerprint density at radius 2 is 2.00 bits per heavy atom. The van der Waals surface area contributed by atoms with E-state index in [1.165, 1.54) is 17.4 Å². The number of carbonyl (C=O) groups excluding carboxylic acids is 1. The van der Waals surface area contributed by atoms with E-state index in [1.807, 2.05) is 17.5 Å². The molecule has 1 amide bonds. The number of nitrogens with zero attached hydrogens (tertiary/aromatic N) is 2. The van der Waals surface area contributed by atoms with E-state index in [1.54, 1.807) is 36.7 Å². The summed E-state index contributed by atoms with van der Waals surface area (Å²) >= 11 is 13.4. The van der Waals surface area contributed by atoms with E-state index < -0.39 is 0 Å². The molecule has 0 saturated carbocycles. The van der Waals surface area contributed by atoms with E-state index in [4.69, 9.17) is 23.2 Å². The van der Waals surface area contributed by atoms with Crippen LogP contribution in [0.4, 0.5) is 0 Å². The van der Waals surface area contributed by atoms with Gasteiger partial charge in [-0.2, -0.15) is 0 Å². The van der Waals surface area contributed by atoms with Crippen molar-refractivity contribution in [1.29, 1.82) is 0 Å². The fourth-order valence-corrected chi connectivity index (χ4v) is 3.35. The second-order valence-electron chi connectivity index (χ2n) is 5.10. The highest BCUT2D eigenvalue weighted by molar-refractivity contribution is 7.13. The van der Waals surface area contributed by atoms with Crippen LogP contribution in [0.25, 0.3) is 16.6 Å². The molecule has 25 heavy (non-hydrogen) atoms. The Labute approximate surface area is 159 Å². The van der Waals surface area contributed by atoms with Gasteiger partial charge >= 0.3 is 0 Å². The third-order valence-corrected chi connectivity index (χ3v) is 4.80. The van der Waals surface area contributed by atoms with Crippen molar-refractivity contribution in [2.45, 2.75) is 6.54 Å². The van der Waals surface area contributed by atoms with Gasteiger partial charge in [0.2, 0.25) is 5.91 Å². The van der Waals surface area contributed by atoms with Crippen LogP contribution in [0.15, 0.2) is 54.2 Å². The largest absolute Gasteiger partial charge is 0.347 e. The number of hydrogen-bond acceptors (Lipinski definition) is 4. The van der Waals surface area contributed by atoms with Gasteiger partial charge in [0.05, 0.1) is 12.2 Å². The van der Waals surface area contributed by atoms with E-state index in [0.29, 0.717) is 16.6 Å². The summed E-state index contributed by atoms with van der Waals surface area (Å²) in [5, 5.41) is 6.68. The molecule has 0 aliphatic heterocycles. The highest BCUT2D eigenvalue weighted by Gasteiger charge is 2.05. The second-order valence-corrected chi connectivity index (χ2v) is 6.80. The molecule has 0 radical (unpaired) electrons. The van der Waals surface area contributed by atoms with Crippen molar-refractivity contribution in [3.8, 4) is 10.6 Å². The zero-order valence-electron chi connectivity index (χ0n) is 12.9. The SMILES string of the molecule is O=C(/C=C/c1ccc(Cl)cc1Cl)NCc1csc(-c2ccncc2)n1. The van der Waals surface area contributed by atoms with Crippen molar-refractivity contribution in [3.05, 3.63) is 75.5 Å². The maximum Gasteiger partial charge on any atom is 0.244 e. The van der Waals surface area contributed by atoms with Crippen LogP contribution in [0.1, 0.15) is 11.3 Å². The van der Waals surface area contributed by atoms with Crippen molar-refractivity contribution in [2.24, 2.45) is 0 Å². The second kappa shape index (κ2) is 8.25. The average molecular weight is 390 g/mol. The normalized spacial score (nSPS) is 11.0. The lowest BCUT2D eigenvalue weighted by molar-refractivity contribution is -0.116. The number of carbonyl (C=O) groups is 1. The van der Waals surface area contributed by atoms with Crippen LogP contribution in [-0.4, -0.2) is 15.9 Å². The van der Waals surface area contributed by atoms with Gasteiger partial charge in [-0.1, -0.05) is 29.3 Å². The van der Waals surface area contributed by atoms with Crippen LogP contribution in [0.2, 0.25) is 10.0 Å². The van der Waals surface area contributed by atoms with E-state index >= 15 is 0 Å². The van der Waals surface area contributed by atoms with Crippen LogP contribution in [-0.2, 0) is 11.3 Å². The highest BCUT2D eigenvalue weighted by Crippen LogP contribution is 2.23. The molecule has 0 bridgehead atoms. The highest BCUT2D eigenvalue weighted by atomic mass is 35.5. The molecular weight excluding hydrogens is 377 g/mol. The maximum absolute atomic E-state index is 11.9. The lowest BCUT2D eigenvalue weighted by Crippen LogP contribution is -2.20. The zero-order valence-corrected chi connectivity index (χ0v) is 15.3. The monoisotopic (exact) mass is 389 g/mol. The number of nitrogens with one attached hydrogen (secondary N) is 1. The maximum atomic E-state index is 11.9. The summed E-state index contributed by atoms with van der Waals surface area (Å²) in [6.45, 7) is 0.360. The Balaban J connectivity index is 1.57. The Kier molecular flexibility index (Phi) is 5.81. The Morgan fingerprint density at radius 3 is 2.76 bits per heavy atom. The lowest BCUT2D eigenvalue weighted by Gasteiger charge is -2.00. The number of benzene rings is 1. The molecule has 3 rings (SSSR count). The van der Waals surface area contributed by atoms with Gasteiger partial charge in [-0.15, -0.1) is 11.3 Å². The fourth-order valence-electron chi connectivity index (χ4n) is 2.05. The smallest absolute Gasteiger partial charge is 0.244 e. The van der Waals surface area contributed by atoms with Crippen molar-refractivity contribution < 1.29 is 4.79 Å². The zero-order chi connectivity index (χ0) is 17.6. The van der Waals surface area contributed by atoms with E-state index in [-0.39, 0.29) is 5.91 Å². The van der Waals surface area contributed by atoms with Gasteiger partial charge in [0.1, 0.15) is 5.01 Å². The standard InChI is InChI=1S/C18H13Cl2N3OS/c19-14-3-1-12(16(20)9-14)2-4-17(24)22-10-15-11-25-18(23-15)13-5-7-21-8-6-13/h1-9,11H,10H2,(H,22,24)/b4-2+. The van der Waals surface area contributed by atoms with Gasteiger partial charge in [-0.3, -0.25) is 9.78 Å². The van der Waals surface area contributed by atoms with Gasteiger partial charge in [0, 0.05) is 39.5 Å². The predicted octanol–water partition coefficient (Wildman–Crippen LogP) is 4.84. The minimum Gasteiger partial charge on any atom is -0.347 e. The molecule has 0 saturated heterocycles. The molecular formula is C18H13Cl2N3OS. The van der Waals surface area contributed by atoms with Crippen LogP contribution >= 0.6 is 34.5 Å². The molecule has 0 unspecified atom stereocenters. The minimum absolute atomic E-state index is 0.218. The summed E-state index contributed by atoms with van der Waals surface area (Å²) in [4.78, 5) is 20.4. The molecule has 1 N–H and O–H groups in total. The molecule has 1 aromatic carbocycles. The molecule has 2 heterocycles. The number of amides is 1. The molecule has 0 aliphatic carbocycles. The summed E-state index contributed by atoms with van der Waals surface area (Å²) < 4.78 is 0. The Morgan fingerprint density at radius 1 is 1.20 bits per heavy atom. The molecule has 0 aliphatic rings. The van der Waals surface area contributed by atoms with Crippen molar-refractivity contribution in [2.75, 3.05) is 0 Å². The minimum atomic E-state index is -0.218. The van der Waals surface area contributed by atoms with Crippen molar-refractivity contribution in [1.82, 2.24) is 15.3 Å². The molecule has 0 atom stereocenters. The molecule has 126 valence electrons. The van der Waals surface area contributed by atoms with Gasteiger partial charge < -0.3 is 5.32 Å². The first-order chi connectivity index (χ1) is 12.1. The third-order valence-electron chi connectivity index (χ3n) is 3.30. The van der Waals surface area contributed by atoms with Gasteiger partial charge in [-0.05, 0) is 35.9 Å². The fraction of sp³-hybridized carbons (Fsp3) is 0.0556. The summed E-state index contributed by atoms with van der Waals surface area (Å²) in [7, 11) is 0. The number of pyridine rings is 1. The number of rotatable bonds is 5. The molecule has 2 aromatic heterocycles. The van der Waals surface area contributed by atoms with Gasteiger partial charge in [0.15, 0.2) is 0 Å². The molecule has 4 nitrogen and oxygen atoms in total. The van der Waals surface area contributed by atoms with Crippen molar-refractivity contribution in [3.63, 3.8) is 0 Å².